The van der Waals surface area contributed by atoms with Crippen molar-refractivity contribution in [1.29, 1.82) is 5.26 Å². The molecule has 3 aromatic rings. The molecule has 0 saturated carbocycles. The Morgan fingerprint density at radius 1 is 1.15 bits per heavy atom. The molecule has 2 aliphatic rings. The third kappa shape index (κ3) is 3.81. The predicted molar refractivity (Wildman–Crippen MR) is 127 cm³/mol. The smallest absolute Gasteiger partial charge is 0.258 e. The molecule has 1 atom stereocenters. The van der Waals surface area contributed by atoms with Crippen LogP contribution in [0.4, 0.5) is 4.39 Å². The molecule has 34 heavy (non-hydrogen) atoms. The first-order valence-corrected chi connectivity index (χ1v) is 11.3. The van der Waals surface area contributed by atoms with Crippen LogP contribution in [0.2, 0.25) is 0 Å². The lowest BCUT2D eigenvalue weighted by Gasteiger charge is -2.45. The Bertz CT molecular complexity index is 1350. The molecule has 1 fully saturated rings. The number of likely N-dealkylation sites (N-methyl/N-ethyl adjacent to an activating group) is 1. The Kier molecular flexibility index (Phi) is 5.55. The van der Waals surface area contributed by atoms with Gasteiger partial charge in [0, 0.05) is 50.4 Å². The number of nitrogens with two attached hydrogens (primary N) is 1. The van der Waals surface area contributed by atoms with Crippen molar-refractivity contribution in [1.82, 2.24) is 24.9 Å². The summed E-state index contributed by atoms with van der Waals surface area (Å²) in [7, 11) is 3.62. The molecule has 0 radical (unpaired) electrons. The van der Waals surface area contributed by atoms with Crippen molar-refractivity contribution in [3.63, 3.8) is 0 Å². The number of aryl methyl sites for hydroxylation is 1. The van der Waals surface area contributed by atoms with Gasteiger partial charge in [-0.3, -0.25) is 14.4 Å². The van der Waals surface area contributed by atoms with E-state index in [-0.39, 0.29) is 23.8 Å². The van der Waals surface area contributed by atoms with Gasteiger partial charge in [-0.05, 0) is 42.7 Å². The number of rotatable bonds is 3. The van der Waals surface area contributed by atoms with Crippen molar-refractivity contribution < 1.29 is 9.18 Å². The van der Waals surface area contributed by atoms with Gasteiger partial charge in [-0.1, -0.05) is 12.1 Å². The average Bonchev–Trinajstić information content (AvgIpc) is 3.20. The van der Waals surface area contributed by atoms with Gasteiger partial charge >= 0.3 is 0 Å². The Balaban J connectivity index is 1.65. The number of fused-ring (bicyclic) bond motifs is 1. The van der Waals surface area contributed by atoms with E-state index in [1.165, 1.54) is 12.1 Å². The van der Waals surface area contributed by atoms with Crippen molar-refractivity contribution in [3.05, 3.63) is 65.1 Å². The van der Waals surface area contributed by atoms with Gasteiger partial charge in [0.05, 0.1) is 22.4 Å². The fraction of sp³-hybridized carbons (Fsp3) is 0.320. The number of nitriles is 1. The number of amides is 1. The number of carbonyl (C=O) groups excluding carboxylic acids is 1. The van der Waals surface area contributed by atoms with Crippen LogP contribution < -0.4 is 11.1 Å². The number of hydrogen-bond acceptors (Lipinski definition) is 6. The average molecular weight is 460 g/mol. The van der Waals surface area contributed by atoms with Crippen molar-refractivity contribution in [2.75, 3.05) is 20.1 Å². The molecule has 3 heterocycles. The highest BCUT2D eigenvalue weighted by atomic mass is 19.1. The van der Waals surface area contributed by atoms with E-state index in [0.29, 0.717) is 22.4 Å². The van der Waals surface area contributed by atoms with Crippen LogP contribution in [0.15, 0.2) is 42.6 Å². The number of benzene rings is 2. The summed E-state index contributed by atoms with van der Waals surface area (Å²) in [4.78, 5) is 17.7. The predicted octanol–water partition coefficient (Wildman–Crippen LogP) is 2.22. The lowest BCUT2D eigenvalue weighted by Crippen LogP contribution is -2.61. The third-order valence-electron chi connectivity index (χ3n) is 6.63. The molecule has 1 amide bonds. The molecule has 1 aromatic heterocycles. The van der Waals surface area contributed by atoms with E-state index in [4.69, 9.17) is 11.0 Å². The van der Waals surface area contributed by atoms with Crippen molar-refractivity contribution in [2.45, 2.75) is 25.2 Å². The maximum absolute atomic E-state index is 14.6. The molecule has 174 valence electrons. The third-order valence-corrected chi connectivity index (χ3v) is 6.63. The van der Waals surface area contributed by atoms with E-state index in [9.17, 15) is 9.18 Å². The highest BCUT2D eigenvalue weighted by Crippen LogP contribution is 2.34. The molecule has 8 nitrogen and oxygen atoms in total. The number of likely N-dealkylation sites (tertiary alicyclic amines) is 1. The van der Waals surface area contributed by atoms with E-state index in [1.54, 1.807) is 22.7 Å². The molecule has 2 aromatic carbocycles. The molecule has 1 saturated heterocycles. The lowest BCUT2D eigenvalue weighted by atomic mass is 9.94. The van der Waals surface area contributed by atoms with Crippen molar-refractivity contribution >= 4 is 28.1 Å². The topological polar surface area (TPSA) is 103 Å². The molecule has 9 heteroatoms. The largest absolute Gasteiger partial charge is 0.352 e. The molecular formula is C25H26FN7O. The van der Waals surface area contributed by atoms with Crippen LogP contribution in [0.25, 0.3) is 22.2 Å². The van der Waals surface area contributed by atoms with Gasteiger partial charge in [-0.25, -0.2) is 4.39 Å². The van der Waals surface area contributed by atoms with Crippen LogP contribution >= 0.6 is 0 Å². The summed E-state index contributed by atoms with van der Waals surface area (Å²) in [6.07, 6.45) is 3.19. The van der Waals surface area contributed by atoms with Gasteiger partial charge in [-0.2, -0.15) is 10.4 Å². The Labute approximate surface area is 197 Å². The fourth-order valence-corrected chi connectivity index (χ4v) is 4.75. The van der Waals surface area contributed by atoms with E-state index < -0.39 is 5.82 Å². The van der Waals surface area contributed by atoms with Crippen LogP contribution in [-0.2, 0) is 11.8 Å². The van der Waals surface area contributed by atoms with Crippen LogP contribution in [0.5, 0.6) is 0 Å². The van der Waals surface area contributed by atoms with E-state index in [0.717, 1.165) is 36.8 Å². The summed E-state index contributed by atoms with van der Waals surface area (Å²) in [5.41, 5.74) is 9.08. The Morgan fingerprint density at radius 3 is 2.59 bits per heavy atom. The quantitative estimate of drug-likeness (QED) is 0.623. The van der Waals surface area contributed by atoms with Crippen molar-refractivity contribution in [3.8, 4) is 6.07 Å². The Hall–Kier alpha value is -3.74. The minimum atomic E-state index is -0.622. The number of piperidine rings is 1. The highest BCUT2D eigenvalue weighted by Gasteiger charge is 2.37. The van der Waals surface area contributed by atoms with E-state index in [2.05, 4.69) is 15.3 Å². The molecule has 1 unspecified atom stereocenters. The summed E-state index contributed by atoms with van der Waals surface area (Å²) in [5, 5.41) is 18.0. The second kappa shape index (κ2) is 8.56. The standard InChI is InChI=1S/C25H26FN7O/c1-31-14-18-11-15(5-6-21(18)30-31)22-23(16-3-4-17(13-27)20(26)12-16)29-25(32(2)24(22)34)33-9-7-19(28)8-10-33/h3-6,11-12,14,19,25,29H,7-10,28H2,1-2H3. The van der Waals surface area contributed by atoms with Gasteiger partial charge in [0.2, 0.25) is 0 Å². The lowest BCUT2D eigenvalue weighted by molar-refractivity contribution is -0.131. The Morgan fingerprint density at radius 2 is 1.88 bits per heavy atom. The summed E-state index contributed by atoms with van der Waals surface area (Å²) in [6.45, 7) is 1.50. The molecule has 2 aliphatic heterocycles. The molecule has 0 bridgehead atoms. The first-order valence-electron chi connectivity index (χ1n) is 11.3. The maximum atomic E-state index is 14.6. The van der Waals surface area contributed by atoms with Crippen LogP contribution in [0, 0.1) is 17.1 Å². The number of aromatic nitrogens is 2. The normalized spacial score (nSPS) is 20.0. The summed E-state index contributed by atoms with van der Waals surface area (Å²) >= 11 is 0. The van der Waals surface area contributed by atoms with Gasteiger partial charge in [0.15, 0.2) is 6.29 Å². The second-order valence-electron chi connectivity index (χ2n) is 8.94. The van der Waals surface area contributed by atoms with E-state index in [1.807, 2.05) is 37.5 Å². The molecule has 3 N–H and O–H groups in total. The van der Waals surface area contributed by atoms with Gasteiger partial charge in [0.25, 0.3) is 5.91 Å². The van der Waals surface area contributed by atoms with E-state index >= 15 is 0 Å². The number of nitrogens with zero attached hydrogens (tertiary/aromatic N) is 5. The second-order valence-corrected chi connectivity index (χ2v) is 8.94. The van der Waals surface area contributed by atoms with Gasteiger partial charge < -0.3 is 16.0 Å². The SMILES string of the molecule is CN1C(=O)C(c2ccc3nn(C)cc3c2)=C(c2ccc(C#N)c(F)c2)NC1N1CCC(N)CC1. The van der Waals surface area contributed by atoms with Crippen LogP contribution in [-0.4, -0.2) is 58.0 Å². The minimum Gasteiger partial charge on any atom is -0.352 e. The monoisotopic (exact) mass is 459 g/mol. The zero-order valence-corrected chi connectivity index (χ0v) is 19.1. The number of nitrogens with one attached hydrogen (secondary N) is 1. The van der Waals surface area contributed by atoms with Crippen LogP contribution in [0.3, 0.4) is 0 Å². The molecular weight excluding hydrogens is 433 g/mol. The van der Waals surface area contributed by atoms with Gasteiger partial charge in [-0.15, -0.1) is 0 Å². The first kappa shape index (κ1) is 22.1. The summed E-state index contributed by atoms with van der Waals surface area (Å²) in [6, 6.07) is 12.1. The zero-order valence-electron chi connectivity index (χ0n) is 19.1. The fourth-order valence-electron chi connectivity index (χ4n) is 4.75. The number of carbonyl (C=O) groups is 1. The van der Waals surface area contributed by atoms with Gasteiger partial charge in [0.1, 0.15) is 11.9 Å². The molecule has 0 aliphatic carbocycles. The van der Waals surface area contributed by atoms with Crippen molar-refractivity contribution in [2.24, 2.45) is 12.8 Å². The van der Waals surface area contributed by atoms with Crippen LogP contribution in [0.1, 0.15) is 29.5 Å². The highest BCUT2D eigenvalue weighted by molar-refractivity contribution is 6.28. The summed E-state index contributed by atoms with van der Waals surface area (Å²) < 4.78 is 16.3. The minimum absolute atomic E-state index is 0.0384. The molecule has 0 spiro atoms. The molecule has 5 rings (SSSR count). The maximum Gasteiger partial charge on any atom is 0.258 e. The number of hydrogen-bond donors (Lipinski definition) is 2. The zero-order chi connectivity index (χ0) is 24.0. The summed E-state index contributed by atoms with van der Waals surface area (Å²) in [5.74, 6) is -0.787. The number of halogens is 1. The first-order chi connectivity index (χ1) is 16.4.